The molecule has 0 atom stereocenters. The molecular weight excluding hydrogens is 404 g/mol. The molecule has 0 saturated heterocycles. The van der Waals surface area contributed by atoms with Crippen LogP contribution < -0.4 is 4.74 Å². The zero-order chi connectivity index (χ0) is 23.8. The van der Waals surface area contributed by atoms with Crippen molar-refractivity contribution in [3.05, 3.63) is 82.9 Å². The van der Waals surface area contributed by atoms with Gasteiger partial charge in [-0.15, -0.1) is 0 Å². The maximum atomic E-state index is 10.4. The molecule has 32 heavy (non-hydrogen) atoms. The van der Waals surface area contributed by atoms with E-state index in [1.165, 1.54) is 24.8 Å². The minimum atomic E-state index is -0.954. The van der Waals surface area contributed by atoms with Crippen LogP contribution in [0.15, 0.2) is 66.3 Å². The van der Waals surface area contributed by atoms with Crippen molar-refractivity contribution in [2.45, 2.75) is 59.5 Å². The second kappa shape index (κ2) is 15.5. The van der Waals surface area contributed by atoms with E-state index in [4.69, 9.17) is 14.9 Å². The number of aliphatic carboxylic acids is 2. The van der Waals surface area contributed by atoms with Crippen molar-refractivity contribution in [1.29, 1.82) is 0 Å². The maximum Gasteiger partial charge on any atom is 0.330 e. The first-order chi connectivity index (χ1) is 15.3. The minimum absolute atomic E-state index is 0.464. The van der Waals surface area contributed by atoms with Crippen LogP contribution in [0.25, 0.3) is 6.08 Å². The van der Waals surface area contributed by atoms with Crippen LogP contribution in [0.1, 0.15) is 62.6 Å². The summed E-state index contributed by atoms with van der Waals surface area (Å²) in [7, 11) is 0. The van der Waals surface area contributed by atoms with Crippen LogP contribution in [0, 0.1) is 6.92 Å². The lowest BCUT2D eigenvalue weighted by molar-refractivity contribution is -0.133. The van der Waals surface area contributed by atoms with Gasteiger partial charge in [-0.3, -0.25) is 0 Å². The molecule has 0 bridgehead atoms. The maximum absolute atomic E-state index is 10.4. The predicted octanol–water partition coefficient (Wildman–Crippen LogP) is 6.66. The standard InChI is InChI=1S/C17H16O3.C10H18O2/c1-13-2-4-15(5-3-13)12-20-16-9-6-14(7-10-16)8-11-17(18)19;1-3-4-5-6-7-8-9(2)10(11)12/h2-11H,12H2,1H3,(H,18,19);8H,3-7H2,1-2H3,(H,11,12). The third-order valence-corrected chi connectivity index (χ3v) is 4.67. The molecule has 0 aromatic heterocycles. The van der Waals surface area contributed by atoms with Gasteiger partial charge in [0, 0.05) is 11.6 Å². The number of aryl methyl sites for hydroxylation is 1. The van der Waals surface area contributed by atoms with Gasteiger partial charge in [-0.2, -0.15) is 0 Å². The number of carboxylic acids is 2. The summed E-state index contributed by atoms with van der Waals surface area (Å²) >= 11 is 0. The van der Waals surface area contributed by atoms with Crippen molar-refractivity contribution in [3.8, 4) is 5.75 Å². The minimum Gasteiger partial charge on any atom is -0.489 e. The second-order valence-corrected chi connectivity index (χ2v) is 7.56. The van der Waals surface area contributed by atoms with Crippen molar-refractivity contribution < 1.29 is 24.5 Å². The Morgan fingerprint density at radius 3 is 2.16 bits per heavy atom. The fraction of sp³-hybridized carbons (Fsp3) is 0.333. The Labute approximate surface area is 191 Å². The van der Waals surface area contributed by atoms with Crippen molar-refractivity contribution >= 4 is 18.0 Å². The molecule has 0 aliphatic rings. The Balaban J connectivity index is 0.000000368. The van der Waals surface area contributed by atoms with E-state index in [0.29, 0.717) is 12.2 Å². The molecular formula is C27H34O5. The van der Waals surface area contributed by atoms with Crippen LogP contribution in [-0.2, 0) is 16.2 Å². The highest BCUT2D eigenvalue weighted by Crippen LogP contribution is 2.15. The quantitative estimate of drug-likeness (QED) is 0.303. The fourth-order valence-corrected chi connectivity index (χ4v) is 2.67. The Kier molecular flexibility index (Phi) is 12.9. The molecule has 2 N–H and O–H groups in total. The van der Waals surface area contributed by atoms with E-state index in [0.717, 1.165) is 35.8 Å². The highest BCUT2D eigenvalue weighted by Gasteiger charge is 1.98. The van der Waals surface area contributed by atoms with E-state index >= 15 is 0 Å². The number of carboxylic acid groups (broad SMARTS) is 2. The van der Waals surface area contributed by atoms with Crippen LogP contribution in [0.2, 0.25) is 0 Å². The number of hydrogen-bond donors (Lipinski definition) is 2. The number of unbranched alkanes of at least 4 members (excludes halogenated alkanes) is 4. The van der Waals surface area contributed by atoms with Crippen LogP contribution in [-0.4, -0.2) is 22.2 Å². The molecule has 0 spiro atoms. The molecule has 0 fully saturated rings. The Hall–Kier alpha value is -3.34. The van der Waals surface area contributed by atoms with Gasteiger partial charge in [0.1, 0.15) is 12.4 Å². The molecule has 2 aromatic carbocycles. The van der Waals surface area contributed by atoms with Gasteiger partial charge in [-0.1, -0.05) is 74.2 Å². The summed E-state index contributed by atoms with van der Waals surface area (Å²) in [5, 5.41) is 17.1. The Morgan fingerprint density at radius 2 is 1.59 bits per heavy atom. The van der Waals surface area contributed by atoms with E-state index in [-0.39, 0.29) is 0 Å². The molecule has 2 rings (SSSR count). The van der Waals surface area contributed by atoms with Gasteiger partial charge in [0.2, 0.25) is 0 Å². The summed E-state index contributed by atoms with van der Waals surface area (Å²) in [6.07, 6.45) is 10.2. The van der Waals surface area contributed by atoms with Gasteiger partial charge in [-0.05, 0) is 56.0 Å². The molecule has 5 heteroatoms. The monoisotopic (exact) mass is 438 g/mol. The highest BCUT2D eigenvalue weighted by atomic mass is 16.5. The van der Waals surface area contributed by atoms with Gasteiger partial charge in [0.05, 0.1) is 0 Å². The molecule has 0 heterocycles. The third kappa shape index (κ3) is 12.4. The number of hydrogen-bond acceptors (Lipinski definition) is 3. The molecule has 5 nitrogen and oxygen atoms in total. The van der Waals surface area contributed by atoms with Crippen molar-refractivity contribution in [2.24, 2.45) is 0 Å². The van der Waals surface area contributed by atoms with E-state index in [2.05, 4.69) is 19.1 Å². The fourth-order valence-electron chi connectivity index (χ4n) is 2.67. The lowest BCUT2D eigenvalue weighted by Gasteiger charge is -2.06. The number of benzene rings is 2. The Morgan fingerprint density at radius 1 is 0.938 bits per heavy atom. The molecule has 172 valence electrons. The zero-order valence-electron chi connectivity index (χ0n) is 19.2. The summed E-state index contributed by atoms with van der Waals surface area (Å²) in [5.74, 6) is -0.992. The van der Waals surface area contributed by atoms with Gasteiger partial charge >= 0.3 is 11.9 Å². The number of ether oxygens (including phenoxy) is 1. The van der Waals surface area contributed by atoms with Crippen molar-refractivity contribution in [3.63, 3.8) is 0 Å². The number of rotatable bonds is 11. The normalized spacial score (nSPS) is 11.0. The number of allylic oxidation sites excluding steroid dienone is 1. The van der Waals surface area contributed by atoms with E-state index in [9.17, 15) is 9.59 Å². The Bertz CT molecular complexity index is 877. The molecule has 0 radical (unpaired) electrons. The van der Waals surface area contributed by atoms with Crippen LogP contribution >= 0.6 is 0 Å². The topological polar surface area (TPSA) is 83.8 Å². The van der Waals surface area contributed by atoms with E-state index < -0.39 is 11.9 Å². The summed E-state index contributed by atoms with van der Waals surface area (Å²) < 4.78 is 5.67. The SMILES string of the molecule is CCCCCCC=C(C)C(=O)O.Cc1ccc(COc2ccc(C=CC(=O)O)cc2)cc1. The smallest absolute Gasteiger partial charge is 0.330 e. The third-order valence-electron chi connectivity index (χ3n) is 4.67. The highest BCUT2D eigenvalue weighted by molar-refractivity contribution is 5.85. The molecule has 0 saturated carbocycles. The van der Waals surface area contributed by atoms with Crippen molar-refractivity contribution in [2.75, 3.05) is 0 Å². The van der Waals surface area contributed by atoms with E-state index in [1.807, 2.05) is 43.3 Å². The van der Waals surface area contributed by atoms with E-state index in [1.54, 1.807) is 19.1 Å². The predicted molar refractivity (Wildman–Crippen MR) is 129 cm³/mol. The van der Waals surface area contributed by atoms with Gasteiger partial charge < -0.3 is 14.9 Å². The largest absolute Gasteiger partial charge is 0.489 e. The lowest BCUT2D eigenvalue weighted by Crippen LogP contribution is -1.95. The van der Waals surface area contributed by atoms with Crippen molar-refractivity contribution in [1.82, 2.24) is 0 Å². The summed E-state index contributed by atoms with van der Waals surface area (Å²) in [6, 6.07) is 15.5. The average molecular weight is 439 g/mol. The average Bonchev–Trinajstić information content (AvgIpc) is 2.78. The van der Waals surface area contributed by atoms with Gasteiger partial charge in [-0.25, -0.2) is 9.59 Å². The lowest BCUT2D eigenvalue weighted by atomic mass is 10.1. The zero-order valence-corrected chi connectivity index (χ0v) is 19.2. The molecule has 0 amide bonds. The molecule has 0 aliphatic carbocycles. The molecule has 2 aromatic rings. The molecule has 0 unspecified atom stereocenters. The number of carbonyl (C=O) groups is 2. The van der Waals surface area contributed by atoms with Gasteiger partial charge in [0.15, 0.2) is 0 Å². The summed E-state index contributed by atoms with van der Waals surface area (Å²) in [4.78, 5) is 20.8. The second-order valence-electron chi connectivity index (χ2n) is 7.56. The van der Waals surface area contributed by atoms with Crippen LogP contribution in [0.5, 0.6) is 5.75 Å². The molecule has 0 aliphatic heterocycles. The first-order valence-electron chi connectivity index (χ1n) is 10.9. The summed E-state index contributed by atoms with van der Waals surface area (Å²) in [5.41, 5.74) is 3.63. The first-order valence-corrected chi connectivity index (χ1v) is 10.9. The van der Waals surface area contributed by atoms with Crippen LogP contribution in [0.4, 0.5) is 0 Å². The first kappa shape index (κ1) is 26.7. The van der Waals surface area contributed by atoms with Gasteiger partial charge in [0.25, 0.3) is 0 Å². The van der Waals surface area contributed by atoms with Crippen LogP contribution in [0.3, 0.4) is 0 Å². The summed E-state index contributed by atoms with van der Waals surface area (Å²) in [6.45, 7) is 6.37.